The highest BCUT2D eigenvalue weighted by Gasteiger charge is 2.34. The Morgan fingerprint density at radius 2 is 1.71 bits per heavy atom. The number of benzene rings is 3. The first-order valence-corrected chi connectivity index (χ1v) is 13.4. The first kappa shape index (κ1) is 25.5. The summed E-state index contributed by atoms with van der Waals surface area (Å²) in [5, 5.41) is 5.69. The van der Waals surface area contributed by atoms with Crippen LogP contribution in [0.25, 0.3) is 0 Å². The van der Waals surface area contributed by atoms with Crippen molar-refractivity contribution in [2.24, 2.45) is 4.99 Å². The van der Waals surface area contributed by atoms with E-state index in [1.54, 1.807) is 11.9 Å². The number of aryl methyl sites for hydroxylation is 1. The molecule has 1 fully saturated rings. The van der Waals surface area contributed by atoms with Gasteiger partial charge in [-0.3, -0.25) is 4.79 Å². The summed E-state index contributed by atoms with van der Waals surface area (Å²) in [5.74, 6) is 0.463. The van der Waals surface area contributed by atoms with E-state index in [4.69, 9.17) is 4.99 Å². The fourth-order valence-electron chi connectivity index (χ4n) is 5.39. The fraction of sp³-hybridized carbons (Fsp3) is 0.323. The Labute approximate surface area is 224 Å². The van der Waals surface area contributed by atoms with Crippen LogP contribution in [0.2, 0.25) is 0 Å². The number of rotatable bonds is 5. The van der Waals surface area contributed by atoms with Crippen LogP contribution < -0.4 is 15.5 Å². The average molecular weight is 510 g/mol. The maximum absolute atomic E-state index is 13.6. The highest BCUT2D eigenvalue weighted by Crippen LogP contribution is 2.31. The largest absolute Gasteiger partial charge is 0.349 e. The molecule has 3 aromatic carbocycles. The molecule has 3 amide bonds. The first-order chi connectivity index (χ1) is 18.5. The van der Waals surface area contributed by atoms with Crippen molar-refractivity contribution in [3.8, 4) is 0 Å². The number of carbonyl (C=O) groups excluding carboxylic acids is 2. The van der Waals surface area contributed by atoms with Gasteiger partial charge < -0.3 is 20.4 Å². The number of amides is 3. The molecule has 0 spiro atoms. The lowest BCUT2D eigenvalue weighted by atomic mass is 9.93. The van der Waals surface area contributed by atoms with Crippen LogP contribution in [0.1, 0.15) is 48.8 Å². The van der Waals surface area contributed by atoms with Gasteiger partial charge >= 0.3 is 6.03 Å². The Morgan fingerprint density at radius 1 is 0.974 bits per heavy atom. The third-order valence-corrected chi connectivity index (χ3v) is 7.35. The van der Waals surface area contributed by atoms with E-state index in [-0.39, 0.29) is 5.91 Å². The Bertz CT molecular complexity index is 1320. The molecule has 2 N–H and O–H groups in total. The van der Waals surface area contributed by atoms with Crippen molar-refractivity contribution >= 4 is 29.1 Å². The molecule has 1 aliphatic carbocycles. The molecule has 196 valence electrons. The number of nitrogens with zero attached hydrogens (tertiary/aromatic N) is 3. The summed E-state index contributed by atoms with van der Waals surface area (Å²) >= 11 is 0. The Balaban J connectivity index is 1.53. The van der Waals surface area contributed by atoms with Gasteiger partial charge in [0, 0.05) is 30.9 Å². The van der Waals surface area contributed by atoms with Gasteiger partial charge in [-0.25, -0.2) is 9.79 Å². The van der Waals surface area contributed by atoms with Crippen LogP contribution >= 0.6 is 0 Å². The van der Waals surface area contributed by atoms with Crippen LogP contribution in [0.3, 0.4) is 0 Å². The van der Waals surface area contributed by atoms with E-state index in [0.29, 0.717) is 18.3 Å². The normalized spacial score (nSPS) is 17.7. The molecule has 1 atom stereocenters. The summed E-state index contributed by atoms with van der Waals surface area (Å²) in [6.45, 7) is 2.64. The smallest absolute Gasteiger partial charge is 0.321 e. The lowest BCUT2D eigenvalue weighted by molar-refractivity contribution is -0.119. The van der Waals surface area contributed by atoms with Crippen LogP contribution in [0, 0.1) is 6.92 Å². The summed E-state index contributed by atoms with van der Waals surface area (Å²) in [6.07, 6.45) is 4.67. The van der Waals surface area contributed by atoms with E-state index < -0.39 is 12.2 Å². The number of anilines is 2. The third kappa shape index (κ3) is 5.72. The van der Waals surface area contributed by atoms with E-state index in [0.717, 1.165) is 35.5 Å². The molecule has 0 unspecified atom stereocenters. The zero-order chi connectivity index (χ0) is 26.5. The van der Waals surface area contributed by atoms with Gasteiger partial charge in [0.15, 0.2) is 0 Å². The van der Waals surface area contributed by atoms with Crippen molar-refractivity contribution in [2.45, 2.75) is 57.8 Å². The van der Waals surface area contributed by atoms with Gasteiger partial charge in [-0.05, 0) is 55.2 Å². The van der Waals surface area contributed by atoms with Crippen molar-refractivity contribution in [1.29, 1.82) is 0 Å². The number of benzodiazepines with no additional fused rings is 1. The Morgan fingerprint density at radius 3 is 2.47 bits per heavy atom. The van der Waals surface area contributed by atoms with Crippen molar-refractivity contribution in [2.75, 3.05) is 17.3 Å². The predicted molar refractivity (Wildman–Crippen MR) is 152 cm³/mol. The lowest BCUT2D eigenvalue weighted by Gasteiger charge is -2.37. The minimum atomic E-state index is -1.06. The molecule has 38 heavy (non-hydrogen) atoms. The monoisotopic (exact) mass is 509 g/mol. The number of likely N-dealkylation sites (N-methyl/N-ethyl adjacent to an activating group) is 1. The number of aliphatic imine (C=N–C) groups is 1. The van der Waals surface area contributed by atoms with Gasteiger partial charge in [0.05, 0.1) is 5.69 Å². The number of nitrogens with one attached hydrogen (secondary N) is 2. The molecule has 0 bridgehead atoms. The molecule has 5 rings (SSSR count). The maximum Gasteiger partial charge on any atom is 0.321 e. The van der Waals surface area contributed by atoms with Crippen molar-refractivity contribution < 1.29 is 9.59 Å². The minimum absolute atomic E-state index is 0.282. The number of carbonyl (C=O) groups is 2. The highest BCUT2D eigenvalue weighted by molar-refractivity contribution is 6.12. The van der Waals surface area contributed by atoms with Gasteiger partial charge in [-0.15, -0.1) is 0 Å². The molecule has 0 aromatic heterocycles. The second kappa shape index (κ2) is 11.5. The molecule has 0 saturated heterocycles. The van der Waals surface area contributed by atoms with Crippen LogP contribution in [0.4, 0.5) is 16.2 Å². The van der Waals surface area contributed by atoms with Crippen LogP contribution in [-0.4, -0.2) is 41.9 Å². The highest BCUT2D eigenvalue weighted by atomic mass is 16.2. The molecule has 1 saturated carbocycles. The summed E-state index contributed by atoms with van der Waals surface area (Å²) in [4.78, 5) is 35.6. The second-order valence-corrected chi connectivity index (χ2v) is 10.1. The van der Waals surface area contributed by atoms with Gasteiger partial charge in [0.25, 0.3) is 5.91 Å². The van der Waals surface area contributed by atoms with Gasteiger partial charge in [0.1, 0.15) is 5.84 Å². The summed E-state index contributed by atoms with van der Waals surface area (Å²) in [6, 6.07) is 25.6. The standard InChI is InChI=1S/C31H35N5O2/c1-22-12-11-15-24(20-22)32-31(38)34-28-30(37)35(2)27-19-10-9-18-26(27)29(33-28)36(25-16-7-4-8-17-25)21-23-13-5-3-6-14-23/h3,5-6,9-15,18-20,25,28H,4,7-8,16-17,21H2,1-2H3,(H2,32,34,38)/t28-/m0/s1. The third-order valence-electron chi connectivity index (χ3n) is 7.35. The zero-order valence-electron chi connectivity index (χ0n) is 22.1. The SMILES string of the molecule is Cc1cccc(NC(=O)N[C@@H]2N=C(N(Cc3ccccc3)C3CCCCC3)c3ccccc3N(C)C2=O)c1. The Hall–Kier alpha value is -4.13. The Kier molecular flexibility index (Phi) is 7.73. The first-order valence-electron chi connectivity index (χ1n) is 13.4. The van der Waals surface area contributed by atoms with E-state index in [9.17, 15) is 9.59 Å². The molecular weight excluding hydrogens is 474 g/mol. The zero-order valence-corrected chi connectivity index (χ0v) is 22.1. The maximum atomic E-state index is 13.6. The molecular formula is C31H35N5O2. The molecule has 7 nitrogen and oxygen atoms in total. The van der Waals surface area contributed by atoms with Crippen molar-refractivity contribution in [3.05, 3.63) is 95.6 Å². The van der Waals surface area contributed by atoms with Crippen LogP contribution in [0.15, 0.2) is 83.9 Å². The van der Waals surface area contributed by atoms with Crippen molar-refractivity contribution in [1.82, 2.24) is 10.2 Å². The summed E-state index contributed by atoms with van der Waals surface area (Å²) < 4.78 is 0. The molecule has 1 aliphatic heterocycles. The van der Waals surface area contributed by atoms with E-state index in [2.05, 4.69) is 39.8 Å². The number of hydrogen-bond acceptors (Lipinski definition) is 4. The number of urea groups is 1. The second-order valence-electron chi connectivity index (χ2n) is 10.1. The van der Waals surface area contributed by atoms with E-state index in [1.807, 2.05) is 61.5 Å². The van der Waals surface area contributed by atoms with Gasteiger partial charge in [-0.1, -0.05) is 73.9 Å². The molecule has 3 aromatic rings. The quantitative estimate of drug-likeness (QED) is 0.463. The molecule has 0 radical (unpaired) electrons. The average Bonchev–Trinajstić information content (AvgIpc) is 3.03. The number of para-hydroxylation sites is 1. The van der Waals surface area contributed by atoms with Gasteiger partial charge in [-0.2, -0.15) is 0 Å². The van der Waals surface area contributed by atoms with Crippen molar-refractivity contribution in [3.63, 3.8) is 0 Å². The fourth-order valence-corrected chi connectivity index (χ4v) is 5.39. The van der Waals surface area contributed by atoms with Gasteiger partial charge in [0.2, 0.25) is 6.17 Å². The number of fused-ring (bicyclic) bond motifs is 1. The molecule has 1 heterocycles. The number of amidine groups is 1. The predicted octanol–water partition coefficient (Wildman–Crippen LogP) is 5.70. The minimum Gasteiger partial charge on any atom is -0.349 e. The molecule has 2 aliphatic rings. The lowest BCUT2D eigenvalue weighted by Crippen LogP contribution is -2.48. The van der Waals surface area contributed by atoms with E-state index >= 15 is 0 Å². The topological polar surface area (TPSA) is 77.0 Å². The summed E-state index contributed by atoms with van der Waals surface area (Å²) in [5.41, 5.74) is 4.57. The molecule has 7 heteroatoms. The van der Waals surface area contributed by atoms with E-state index in [1.165, 1.54) is 24.8 Å². The summed E-state index contributed by atoms with van der Waals surface area (Å²) in [7, 11) is 1.74. The van der Waals surface area contributed by atoms with Crippen LogP contribution in [0.5, 0.6) is 0 Å². The van der Waals surface area contributed by atoms with Crippen LogP contribution in [-0.2, 0) is 11.3 Å². The number of hydrogen-bond donors (Lipinski definition) is 2.